The van der Waals surface area contributed by atoms with Crippen LogP contribution in [0.3, 0.4) is 0 Å². The highest BCUT2D eigenvalue weighted by molar-refractivity contribution is 6.69. The van der Waals surface area contributed by atoms with Crippen LogP contribution in [0.4, 0.5) is 0 Å². The van der Waals surface area contributed by atoms with Gasteiger partial charge >= 0.3 is 11.9 Å². The molecule has 0 bridgehead atoms. The van der Waals surface area contributed by atoms with Crippen LogP contribution in [0, 0.1) is 0 Å². The van der Waals surface area contributed by atoms with Crippen LogP contribution in [0.2, 0.25) is 19.6 Å². The summed E-state index contributed by atoms with van der Waals surface area (Å²) in [7, 11) is -1.84. The minimum Gasteiger partial charge on any atom is -0.481 e. The fraction of sp³-hybridized carbons (Fsp3) is 0.750. The maximum absolute atomic E-state index is 11.0. The van der Waals surface area contributed by atoms with Gasteiger partial charge in [-0.25, -0.2) is 9.37 Å². The van der Waals surface area contributed by atoms with E-state index in [-0.39, 0.29) is 19.3 Å². The number of hydrogen-bond acceptors (Lipinski definition) is 4. The van der Waals surface area contributed by atoms with Crippen molar-refractivity contribution < 1.29 is 24.2 Å². The summed E-state index contributed by atoms with van der Waals surface area (Å²) in [6, 6.07) is 0. The number of aliphatic carboxylic acids is 1. The van der Waals surface area contributed by atoms with Crippen molar-refractivity contribution in [3.8, 4) is 0 Å². The highest BCUT2D eigenvalue weighted by Gasteiger charge is 2.18. The van der Waals surface area contributed by atoms with E-state index in [9.17, 15) is 9.59 Å². The van der Waals surface area contributed by atoms with Crippen LogP contribution in [0.5, 0.6) is 0 Å². The van der Waals surface area contributed by atoms with Crippen LogP contribution in [0.15, 0.2) is 0 Å². The van der Waals surface area contributed by atoms with Gasteiger partial charge in [0.1, 0.15) is 0 Å². The Morgan fingerprint density at radius 1 is 1.21 bits per heavy atom. The zero-order chi connectivity index (χ0) is 11.2. The van der Waals surface area contributed by atoms with Gasteiger partial charge < -0.3 is 9.99 Å². The number of carbonyl (C=O) groups excluding carboxylic acids is 1. The molecule has 0 aliphatic heterocycles. The van der Waals surface area contributed by atoms with Crippen molar-refractivity contribution >= 4 is 20.3 Å². The van der Waals surface area contributed by atoms with Gasteiger partial charge in [0.2, 0.25) is 8.32 Å². The highest BCUT2D eigenvalue weighted by Crippen LogP contribution is 2.05. The molecular weight excluding hydrogens is 204 g/mol. The van der Waals surface area contributed by atoms with E-state index in [1.54, 1.807) is 0 Å². The molecule has 0 aromatic heterocycles. The van der Waals surface area contributed by atoms with Crippen LogP contribution in [-0.4, -0.2) is 25.4 Å². The summed E-state index contributed by atoms with van der Waals surface area (Å²) in [5.74, 6) is -1.42. The van der Waals surface area contributed by atoms with Crippen molar-refractivity contribution in [2.45, 2.75) is 38.9 Å². The Morgan fingerprint density at radius 2 is 1.79 bits per heavy atom. The molecule has 0 atom stereocenters. The van der Waals surface area contributed by atoms with Crippen molar-refractivity contribution in [1.82, 2.24) is 0 Å². The highest BCUT2D eigenvalue weighted by atomic mass is 28.4. The summed E-state index contributed by atoms with van der Waals surface area (Å²) in [5.41, 5.74) is 0. The average Bonchev–Trinajstić information content (AvgIpc) is 1.99. The molecule has 0 spiro atoms. The predicted octanol–water partition coefficient (Wildman–Crippen LogP) is 1.55. The number of rotatable bonds is 6. The summed E-state index contributed by atoms with van der Waals surface area (Å²) in [6.45, 7) is 5.66. The number of hydrogen-bond donors (Lipinski definition) is 1. The number of carboxylic acid groups (broad SMARTS) is 1. The van der Waals surface area contributed by atoms with Crippen LogP contribution >= 0.6 is 0 Å². The van der Waals surface area contributed by atoms with E-state index in [4.69, 9.17) is 9.68 Å². The zero-order valence-electron chi connectivity index (χ0n) is 8.70. The molecule has 0 saturated carbocycles. The molecule has 0 heterocycles. The number of carbonyl (C=O) groups is 2. The summed E-state index contributed by atoms with van der Waals surface area (Å²) in [6.07, 6.45) is 0.335. The van der Waals surface area contributed by atoms with Crippen LogP contribution < -0.4 is 0 Å². The molecule has 0 aromatic rings. The molecule has 1 N–H and O–H groups in total. The lowest BCUT2D eigenvalue weighted by Gasteiger charge is -2.14. The fourth-order valence-corrected chi connectivity index (χ4v) is 0.940. The Balaban J connectivity index is 3.52. The molecular formula is C8H16O5Si. The fourth-order valence-electron chi connectivity index (χ4n) is 0.597. The average molecular weight is 220 g/mol. The summed E-state index contributed by atoms with van der Waals surface area (Å²) in [4.78, 5) is 25.6. The first kappa shape index (κ1) is 13.1. The monoisotopic (exact) mass is 220 g/mol. The van der Waals surface area contributed by atoms with Crippen molar-refractivity contribution in [1.29, 1.82) is 0 Å². The Morgan fingerprint density at radius 3 is 2.21 bits per heavy atom. The molecule has 0 unspecified atom stereocenters. The lowest BCUT2D eigenvalue weighted by molar-refractivity contribution is -0.219. The second-order valence-electron chi connectivity index (χ2n) is 3.90. The molecule has 5 nitrogen and oxygen atoms in total. The molecule has 14 heavy (non-hydrogen) atoms. The quantitative estimate of drug-likeness (QED) is 0.417. The third kappa shape index (κ3) is 9.21. The SMILES string of the molecule is C[Si](C)(C)OOC(=O)CCCC(=O)O. The normalized spacial score (nSPS) is 11.1. The standard InChI is InChI=1S/C8H16O5Si/c1-14(2,3)13-12-8(11)6-4-5-7(9)10/h4-6H2,1-3H3,(H,9,10). The molecule has 0 saturated heterocycles. The van der Waals surface area contributed by atoms with Crippen molar-refractivity contribution in [3.63, 3.8) is 0 Å². The van der Waals surface area contributed by atoms with E-state index >= 15 is 0 Å². The summed E-state index contributed by atoms with van der Waals surface area (Å²) >= 11 is 0. The van der Waals surface area contributed by atoms with Gasteiger partial charge in [0.25, 0.3) is 0 Å². The Kier molecular flexibility index (Phi) is 5.40. The van der Waals surface area contributed by atoms with Crippen LogP contribution in [0.25, 0.3) is 0 Å². The lowest BCUT2D eigenvalue weighted by atomic mass is 10.2. The van der Waals surface area contributed by atoms with E-state index in [0.29, 0.717) is 0 Å². The van der Waals surface area contributed by atoms with E-state index in [0.717, 1.165) is 0 Å². The molecule has 0 aliphatic carbocycles. The van der Waals surface area contributed by atoms with Gasteiger partial charge in [0, 0.05) is 12.8 Å². The molecule has 0 fully saturated rings. The molecule has 0 radical (unpaired) electrons. The number of carboxylic acids is 1. The molecule has 0 aliphatic rings. The van der Waals surface area contributed by atoms with Gasteiger partial charge in [-0.05, 0) is 26.1 Å². The smallest absolute Gasteiger partial charge is 0.340 e. The van der Waals surface area contributed by atoms with Gasteiger partial charge in [0.15, 0.2) is 0 Å². The molecule has 0 rings (SSSR count). The zero-order valence-corrected chi connectivity index (χ0v) is 9.70. The van der Waals surface area contributed by atoms with Crippen LogP contribution in [-0.2, 0) is 19.1 Å². The first-order chi connectivity index (χ1) is 6.31. The topological polar surface area (TPSA) is 72.8 Å². The minimum atomic E-state index is -1.84. The van der Waals surface area contributed by atoms with Gasteiger partial charge in [-0.3, -0.25) is 4.79 Å². The predicted molar refractivity (Wildman–Crippen MR) is 52.0 cm³/mol. The molecule has 0 aromatic carbocycles. The molecule has 6 heteroatoms. The van der Waals surface area contributed by atoms with Crippen molar-refractivity contribution in [2.24, 2.45) is 0 Å². The van der Waals surface area contributed by atoms with Crippen molar-refractivity contribution in [2.75, 3.05) is 0 Å². The third-order valence-corrected chi connectivity index (χ3v) is 1.74. The summed E-state index contributed by atoms with van der Waals surface area (Å²) < 4.78 is 4.89. The second-order valence-corrected chi connectivity index (χ2v) is 8.29. The Hall–Kier alpha value is -0.883. The van der Waals surface area contributed by atoms with E-state index < -0.39 is 20.3 Å². The second kappa shape index (κ2) is 5.76. The first-order valence-electron chi connectivity index (χ1n) is 4.41. The van der Waals surface area contributed by atoms with E-state index in [1.807, 2.05) is 19.6 Å². The van der Waals surface area contributed by atoms with Gasteiger partial charge in [-0.15, -0.1) is 0 Å². The maximum atomic E-state index is 11.0. The van der Waals surface area contributed by atoms with Crippen LogP contribution in [0.1, 0.15) is 19.3 Å². The van der Waals surface area contributed by atoms with E-state index in [2.05, 4.69) is 4.89 Å². The van der Waals surface area contributed by atoms with Gasteiger partial charge in [-0.2, -0.15) is 0 Å². The third-order valence-electron chi connectivity index (χ3n) is 1.16. The largest absolute Gasteiger partial charge is 0.481 e. The molecule has 82 valence electrons. The van der Waals surface area contributed by atoms with E-state index in [1.165, 1.54) is 0 Å². The first-order valence-corrected chi connectivity index (χ1v) is 7.82. The lowest BCUT2D eigenvalue weighted by Crippen LogP contribution is -2.27. The Bertz CT molecular complexity index is 208. The summed E-state index contributed by atoms with van der Waals surface area (Å²) in [5, 5.41) is 8.31. The van der Waals surface area contributed by atoms with Gasteiger partial charge in [-0.1, -0.05) is 0 Å². The van der Waals surface area contributed by atoms with Crippen molar-refractivity contribution in [3.05, 3.63) is 0 Å². The Labute approximate surface area is 84.1 Å². The maximum Gasteiger partial charge on any atom is 0.340 e. The minimum absolute atomic E-state index is 0.0257. The van der Waals surface area contributed by atoms with Gasteiger partial charge in [0.05, 0.1) is 0 Å². The molecule has 0 amide bonds.